The summed E-state index contributed by atoms with van der Waals surface area (Å²) in [6.45, 7) is 2.92. The van der Waals surface area contributed by atoms with Crippen LogP contribution in [0.2, 0.25) is 0 Å². The summed E-state index contributed by atoms with van der Waals surface area (Å²) in [5, 5.41) is 9.13. The molecule has 148 valence electrons. The normalized spacial score (nSPS) is 19.1. The number of carbonyl (C=O) groups excluding carboxylic acids is 2. The van der Waals surface area contributed by atoms with Gasteiger partial charge < -0.3 is 16.0 Å². The number of urea groups is 1. The zero-order valence-electron chi connectivity index (χ0n) is 16.0. The van der Waals surface area contributed by atoms with Crippen molar-refractivity contribution in [1.82, 2.24) is 10.6 Å². The van der Waals surface area contributed by atoms with Gasteiger partial charge in [-0.2, -0.15) is 0 Å². The Morgan fingerprint density at radius 1 is 1.14 bits per heavy atom. The third kappa shape index (κ3) is 5.89. The van der Waals surface area contributed by atoms with E-state index in [0.717, 1.165) is 31.4 Å². The SMILES string of the molecule is CC(=O)c1cccc(NC(=O)NC[C@H]2CC[C@@H](Cc3ccc(F)cc3)CN2)c1. The van der Waals surface area contributed by atoms with Crippen molar-refractivity contribution in [1.29, 1.82) is 0 Å². The highest BCUT2D eigenvalue weighted by atomic mass is 19.1. The maximum Gasteiger partial charge on any atom is 0.319 e. The van der Waals surface area contributed by atoms with Crippen LogP contribution in [0.1, 0.15) is 35.7 Å². The highest BCUT2D eigenvalue weighted by Crippen LogP contribution is 2.19. The van der Waals surface area contributed by atoms with Crippen LogP contribution in [0, 0.1) is 11.7 Å². The molecule has 6 heteroatoms. The Labute approximate surface area is 164 Å². The number of anilines is 1. The first-order valence-electron chi connectivity index (χ1n) is 9.63. The largest absolute Gasteiger partial charge is 0.336 e. The van der Waals surface area contributed by atoms with Gasteiger partial charge in [0.2, 0.25) is 0 Å². The van der Waals surface area contributed by atoms with Crippen LogP contribution in [-0.2, 0) is 6.42 Å². The van der Waals surface area contributed by atoms with Crippen molar-refractivity contribution in [3.8, 4) is 0 Å². The summed E-state index contributed by atoms with van der Waals surface area (Å²) in [6, 6.07) is 13.5. The van der Waals surface area contributed by atoms with Crippen LogP contribution in [0.3, 0.4) is 0 Å². The molecule has 0 radical (unpaired) electrons. The lowest BCUT2D eigenvalue weighted by Gasteiger charge is -2.30. The van der Waals surface area contributed by atoms with Crippen molar-refractivity contribution in [3.63, 3.8) is 0 Å². The molecule has 2 aromatic carbocycles. The number of benzene rings is 2. The van der Waals surface area contributed by atoms with Crippen molar-refractivity contribution in [2.75, 3.05) is 18.4 Å². The number of amides is 2. The standard InChI is InChI=1S/C22H26FN3O2/c1-15(27)18-3-2-4-20(12-18)26-22(28)25-14-21-10-7-17(13-24-21)11-16-5-8-19(23)9-6-16/h2-6,8-9,12,17,21,24H,7,10-11,13-14H2,1H3,(H2,25,26,28)/t17-,21+/m0/s1. The first-order valence-corrected chi connectivity index (χ1v) is 9.63. The molecular formula is C22H26FN3O2. The number of piperidine rings is 1. The van der Waals surface area contributed by atoms with Crippen LogP contribution in [0.15, 0.2) is 48.5 Å². The van der Waals surface area contributed by atoms with Gasteiger partial charge in [-0.25, -0.2) is 9.18 Å². The second-order valence-electron chi connectivity index (χ2n) is 7.35. The minimum atomic E-state index is -0.282. The average molecular weight is 383 g/mol. The third-order valence-electron chi connectivity index (χ3n) is 5.09. The molecule has 5 nitrogen and oxygen atoms in total. The number of rotatable bonds is 6. The lowest BCUT2D eigenvalue weighted by molar-refractivity contribution is 0.101. The molecule has 1 saturated heterocycles. The van der Waals surface area contributed by atoms with Crippen LogP contribution in [0.5, 0.6) is 0 Å². The van der Waals surface area contributed by atoms with Gasteiger partial charge >= 0.3 is 6.03 Å². The second-order valence-corrected chi connectivity index (χ2v) is 7.35. The van der Waals surface area contributed by atoms with Gasteiger partial charge in [-0.1, -0.05) is 24.3 Å². The molecule has 1 fully saturated rings. The van der Waals surface area contributed by atoms with Gasteiger partial charge in [0.15, 0.2) is 5.78 Å². The topological polar surface area (TPSA) is 70.2 Å². The smallest absolute Gasteiger partial charge is 0.319 e. The Balaban J connectivity index is 1.39. The zero-order valence-corrected chi connectivity index (χ0v) is 16.0. The highest BCUT2D eigenvalue weighted by molar-refractivity contribution is 5.96. The lowest BCUT2D eigenvalue weighted by Crippen LogP contribution is -2.47. The number of hydrogen-bond acceptors (Lipinski definition) is 3. The van der Waals surface area contributed by atoms with E-state index < -0.39 is 0 Å². The fourth-order valence-corrected chi connectivity index (χ4v) is 3.48. The van der Waals surface area contributed by atoms with E-state index in [1.165, 1.54) is 19.1 Å². The van der Waals surface area contributed by atoms with Gasteiger partial charge in [0.25, 0.3) is 0 Å². The quantitative estimate of drug-likeness (QED) is 0.665. The maximum absolute atomic E-state index is 13.0. The van der Waals surface area contributed by atoms with Gasteiger partial charge in [0, 0.05) is 23.8 Å². The Morgan fingerprint density at radius 2 is 1.93 bits per heavy atom. The van der Waals surface area contributed by atoms with Gasteiger partial charge in [-0.05, 0) is 68.5 Å². The molecule has 0 unspecified atom stereocenters. The molecule has 1 aliphatic rings. The molecule has 3 rings (SSSR count). The highest BCUT2D eigenvalue weighted by Gasteiger charge is 2.21. The van der Waals surface area contributed by atoms with Crippen molar-refractivity contribution in [2.24, 2.45) is 5.92 Å². The molecule has 1 aliphatic heterocycles. The minimum absolute atomic E-state index is 0.0364. The first kappa shape index (κ1) is 20.0. The number of ketones is 1. The van der Waals surface area contributed by atoms with E-state index in [1.54, 1.807) is 24.3 Å². The minimum Gasteiger partial charge on any atom is -0.336 e. The Morgan fingerprint density at radius 3 is 2.61 bits per heavy atom. The number of carbonyl (C=O) groups is 2. The van der Waals surface area contributed by atoms with Crippen LogP contribution in [-0.4, -0.2) is 30.9 Å². The molecule has 28 heavy (non-hydrogen) atoms. The van der Waals surface area contributed by atoms with Gasteiger partial charge in [0.1, 0.15) is 5.82 Å². The maximum atomic E-state index is 13.0. The Kier molecular flexibility index (Phi) is 6.76. The fraction of sp³-hybridized carbons (Fsp3) is 0.364. The van der Waals surface area contributed by atoms with Crippen molar-refractivity contribution in [3.05, 3.63) is 65.5 Å². The van der Waals surface area contributed by atoms with E-state index in [-0.39, 0.29) is 23.7 Å². The molecule has 0 aliphatic carbocycles. The molecular weight excluding hydrogens is 357 g/mol. The van der Waals surface area contributed by atoms with Crippen molar-refractivity contribution >= 4 is 17.5 Å². The summed E-state index contributed by atoms with van der Waals surface area (Å²) in [5.41, 5.74) is 2.32. The Bertz CT molecular complexity index is 815. The second kappa shape index (κ2) is 9.46. The fourth-order valence-electron chi connectivity index (χ4n) is 3.48. The molecule has 1 heterocycles. The predicted molar refractivity (Wildman–Crippen MR) is 108 cm³/mol. The summed E-state index contributed by atoms with van der Waals surface area (Å²) in [6.07, 6.45) is 2.98. The van der Waals surface area contributed by atoms with Crippen LogP contribution in [0.4, 0.5) is 14.9 Å². The molecule has 2 amide bonds. The van der Waals surface area contributed by atoms with E-state index in [1.807, 2.05) is 12.1 Å². The van der Waals surface area contributed by atoms with E-state index in [9.17, 15) is 14.0 Å². The summed E-state index contributed by atoms with van der Waals surface area (Å²) < 4.78 is 13.0. The number of halogens is 1. The van der Waals surface area contributed by atoms with Crippen LogP contribution < -0.4 is 16.0 Å². The van der Waals surface area contributed by atoms with E-state index in [0.29, 0.717) is 23.7 Å². The number of nitrogens with one attached hydrogen (secondary N) is 3. The van der Waals surface area contributed by atoms with Crippen LogP contribution >= 0.6 is 0 Å². The molecule has 3 N–H and O–H groups in total. The average Bonchev–Trinajstić information content (AvgIpc) is 2.69. The summed E-state index contributed by atoms with van der Waals surface area (Å²) in [7, 11) is 0. The Hall–Kier alpha value is -2.73. The summed E-state index contributed by atoms with van der Waals surface area (Å²) in [4.78, 5) is 23.5. The molecule has 0 spiro atoms. The molecule has 0 bridgehead atoms. The number of hydrogen-bond donors (Lipinski definition) is 3. The van der Waals surface area contributed by atoms with Crippen molar-refractivity contribution in [2.45, 2.75) is 32.2 Å². The lowest BCUT2D eigenvalue weighted by atomic mass is 9.89. The molecule has 0 saturated carbocycles. The first-order chi connectivity index (χ1) is 13.5. The van der Waals surface area contributed by atoms with Crippen LogP contribution in [0.25, 0.3) is 0 Å². The summed E-state index contributed by atoms with van der Waals surface area (Å²) >= 11 is 0. The zero-order chi connectivity index (χ0) is 19.9. The van der Waals surface area contributed by atoms with Crippen molar-refractivity contribution < 1.29 is 14.0 Å². The van der Waals surface area contributed by atoms with E-state index in [2.05, 4.69) is 16.0 Å². The molecule has 2 aromatic rings. The van der Waals surface area contributed by atoms with Gasteiger partial charge in [-0.3, -0.25) is 4.79 Å². The van der Waals surface area contributed by atoms with E-state index >= 15 is 0 Å². The summed E-state index contributed by atoms with van der Waals surface area (Å²) in [5.74, 6) is 0.276. The monoisotopic (exact) mass is 383 g/mol. The number of Topliss-reactive ketones (excluding diaryl/α,β-unsaturated/α-hetero) is 1. The van der Waals surface area contributed by atoms with Gasteiger partial charge in [-0.15, -0.1) is 0 Å². The van der Waals surface area contributed by atoms with E-state index in [4.69, 9.17) is 0 Å². The molecule has 2 atom stereocenters. The third-order valence-corrected chi connectivity index (χ3v) is 5.09. The molecule has 0 aromatic heterocycles. The predicted octanol–water partition coefficient (Wildman–Crippen LogP) is 3.76. The van der Waals surface area contributed by atoms with Gasteiger partial charge in [0.05, 0.1) is 0 Å².